The highest BCUT2D eigenvalue weighted by Gasteiger charge is 2.36. The van der Waals surface area contributed by atoms with E-state index in [1.54, 1.807) is 51.1 Å². The molecule has 0 aliphatic rings. The molecule has 0 bridgehead atoms. The molecule has 0 radical (unpaired) electrons. The summed E-state index contributed by atoms with van der Waals surface area (Å²) in [6.45, 7) is 6.59. The lowest BCUT2D eigenvalue weighted by atomic mass is 10.00. The zero-order chi connectivity index (χ0) is 28.4. The number of nitrogens with one attached hydrogen (secondary N) is 2. The summed E-state index contributed by atoms with van der Waals surface area (Å²) < 4.78 is 5.43. The minimum atomic E-state index is -1.07. The molecule has 0 spiro atoms. The van der Waals surface area contributed by atoms with Crippen LogP contribution in [0.5, 0.6) is 0 Å². The molecule has 3 rings (SSSR count). The second-order valence-corrected chi connectivity index (χ2v) is 10.3. The summed E-state index contributed by atoms with van der Waals surface area (Å²) in [5.74, 6) is -0.958. The molecular formula is C31H37N3O5. The molecule has 0 saturated heterocycles. The van der Waals surface area contributed by atoms with Crippen LogP contribution >= 0.6 is 0 Å². The summed E-state index contributed by atoms with van der Waals surface area (Å²) in [4.78, 5) is 42.0. The number of carbonyl (C=O) groups excluding carboxylic acids is 3. The number of hydrogen-bond donors (Lipinski definition) is 3. The van der Waals surface area contributed by atoms with Gasteiger partial charge in [0.2, 0.25) is 5.91 Å². The highest BCUT2D eigenvalue weighted by molar-refractivity contribution is 5.99. The first-order valence-corrected chi connectivity index (χ1v) is 13.0. The molecule has 8 heteroatoms. The Morgan fingerprint density at radius 1 is 0.897 bits per heavy atom. The van der Waals surface area contributed by atoms with E-state index in [1.807, 2.05) is 61.5 Å². The fraction of sp³-hybridized carbons (Fsp3) is 0.323. The number of ether oxygens (including phenoxy) is 1. The highest BCUT2D eigenvalue weighted by atomic mass is 16.6. The van der Waals surface area contributed by atoms with Crippen LogP contribution in [0.4, 0.5) is 10.5 Å². The average molecular weight is 532 g/mol. The van der Waals surface area contributed by atoms with Gasteiger partial charge in [-0.25, -0.2) is 4.79 Å². The van der Waals surface area contributed by atoms with Gasteiger partial charge in [-0.3, -0.25) is 9.59 Å². The minimum absolute atomic E-state index is 0.124. The molecule has 0 heterocycles. The number of nitrogens with zero attached hydrogens (tertiary/aromatic N) is 1. The van der Waals surface area contributed by atoms with E-state index in [9.17, 15) is 19.5 Å². The number of carbonyl (C=O) groups is 3. The number of benzene rings is 3. The van der Waals surface area contributed by atoms with Crippen molar-refractivity contribution in [1.82, 2.24) is 10.2 Å². The predicted molar refractivity (Wildman–Crippen MR) is 151 cm³/mol. The number of anilines is 1. The number of aryl methyl sites for hydroxylation is 1. The van der Waals surface area contributed by atoms with Crippen LogP contribution < -0.4 is 10.6 Å². The lowest BCUT2D eigenvalue weighted by Crippen LogP contribution is -2.53. The maximum atomic E-state index is 14.1. The molecule has 0 aliphatic carbocycles. The molecule has 206 valence electrons. The smallest absolute Gasteiger partial charge is 0.408 e. The Bertz CT molecular complexity index is 1240. The van der Waals surface area contributed by atoms with Crippen LogP contribution in [0.2, 0.25) is 0 Å². The van der Waals surface area contributed by atoms with Crippen LogP contribution in [-0.4, -0.2) is 52.7 Å². The van der Waals surface area contributed by atoms with E-state index < -0.39 is 35.6 Å². The van der Waals surface area contributed by atoms with Gasteiger partial charge in [0.1, 0.15) is 17.7 Å². The molecule has 0 aliphatic heterocycles. The van der Waals surface area contributed by atoms with Crippen LogP contribution in [-0.2, 0) is 20.7 Å². The second kappa shape index (κ2) is 13.6. The summed E-state index contributed by atoms with van der Waals surface area (Å²) in [6.07, 6.45) is -0.580. The fourth-order valence-corrected chi connectivity index (χ4v) is 4.20. The summed E-state index contributed by atoms with van der Waals surface area (Å²) in [6, 6.07) is 23.4. The lowest BCUT2D eigenvalue weighted by Gasteiger charge is -2.34. The van der Waals surface area contributed by atoms with Gasteiger partial charge in [-0.2, -0.15) is 0 Å². The van der Waals surface area contributed by atoms with Crippen molar-refractivity contribution in [2.75, 3.05) is 18.5 Å². The first kappa shape index (κ1) is 29.4. The molecule has 3 N–H and O–H groups in total. The average Bonchev–Trinajstić information content (AvgIpc) is 2.89. The number of alkyl carbamates (subject to hydrolysis) is 1. The SMILES string of the molecule is Cc1ccccc1NC(=O)C(c1ccccc1)N(CCO)C(=O)C(Cc1ccccc1)NC(=O)OC(C)(C)C. The van der Waals surface area contributed by atoms with E-state index in [2.05, 4.69) is 10.6 Å². The predicted octanol–water partition coefficient (Wildman–Crippen LogP) is 4.63. The molecule has 3 aromatic carbocycles. The van der Waals surface area contributed by atoms with Gasteiger partial charge in [0, 0.05) is 18.7 Å². The van der Waals surface area contributed by atoms with Gasteiger partial charge < -0.3 is 25.4 Å². The molecule has 0 aromatic heterocycles. The first-order chi connectivity index (χ1) is 18.6. The van der Waals surface area contributed by atoms with Crippen molar-refractivity contribution in [2.24, 2.45) is 0 Å². The fourth-order valence-electron chi connectivity index (χ4n) is 4.20. The van der Waals surface area contributed by atoms with Crippen molar-refractivity contribution >= 4 is 23.6 Å². The Balaban J connectivity index is 2.00. The van der Waals surface area contributed by atoms with Gasteiger partial charge in [-0.15, -0.1) is 0 Å². The monoisotopic (exact) mass is 531 g/mol. The molecule has 0 saturated carbocycles. The van der Waals surface area contributed by atoms with Gasteiger partial charge >= 0.3 is 6.09 Å². The van der Waals surface area contributed by atoms with Crippen molar-refractivity contribution in [3.63, 3.8) is 0 Å². The number of amides is 3. The first-order valence-electron chi connectivity index (χ1n) is 13.0. The van der Waals surface area contributed by atoms with Crippen molar-refractivity contribution in [2.45, 2.75) is 51.8 Å². The number of rotatable bonds is 10. The summed E-state index contributed by atoms with van der Waals surface area (Å²) in [5, 5.41) is 15.6. The Hall–Kier alpha value is -4.17. The number of para-hydroxylation sites is 1. The maximum absolute atomic E-state index is 14.1. The Morgan fingerprint density at radius 3 is 2.08 bits per heavy atom. The van der Waals surface area contributed by atoms with Gasteiger partial charge in [0.05, 0.1) is 6.61 Å². The van der Waals surface area contributed by atoms with Crippen LogP contribution in [0.25, 0.3) is 0 Å². The van der Waals surface area contributed by atoms with E-state index in [0.29, 0.717) is 11.3 Å². The van der Waals surface area contributed by atoms with Crippen LogP contribution in [0, 0.1) is 6.92 Å². The number of aliphatic hydroxyl groups excluding tert-OH is 1. The van der Waals surface area contributed by atoms with Crippen LogP contribution in [0.15, 0.2) is 84.9 Å². The van der Waals surface area contributed by atoms with E-state index in [4.69, 9.17) is 4.74 Å². The second-order valence-electron chi connectivity index (χ2n) is 10.3. The molecule has 8 nitrogen and oxygen atoms in total. The van der Waals surface area contributed by atoms with E-state index >= 15 is 0 Å². The molecule has 39 heavy (non-hydrogen) atoms. The van der Waals surface area contributed by atoms with Crippen LogP contribution in [0.3, 0.4) is 0 Å². The largest absolute Gasteiger partial charge is 0.444 e. The normalized spacial score (nSPS) is 12.6. The maximum Gasteiger partial charge on any atom is 0.408 e. The van der Waals surface area contributed by atoms with Gasteiger partial charge in [-0.1, -0.05) is 78.9 Å². The highest BCUT2D eigenvalue weighted by Crippen LogP contribution is 2.25. The van der Waals surface area contributed by atoms with Crippen molar-refractivity contribution in [1.29, 1.82) is 0 Å². The van der Waals surface area contributed by atoms with Gasteiger partial charge in [0.25, 0.3) is 5.91 Å². The Labute approximate surface area is 230 Å². The third-order valence-electron chi connectivity index (χ3n) is 5.97. The van der Waals surface area contributed by atoms with E-state index in [1.165, 1.54) is 4.90 Å². The summed E-state index contributed by atoms with van der Waals surface area (Å²) in [7, 11) is 0. The van der Waals surface area contributed by atoms with Crippen molar-refractivity contribution < 1.29 is 24.2 Å². The zero-order valence-corrected chi connectivity index (χ0v) is 22.9. The number of aliphatic hydroxyl groups is 1. The van der Waals surface area contributed by atoms with Gasteiger partial charge in [0.15, 0.2) is 0 Å². The quantitative estimate of drug-likeness (QED) is 0.354. The van der Waals surface area contributed by atoms with Gasteiger partial charge in [-0.05, 0) is 50.5 Å². The minimum Gasteiger partial charge on any atom is -0.444 e. The zero-order valence-electron chi connectivity index (χ0n) is 22.9. The number of hydrogen-bond acceptors (Lipinski definition) is 5. The summed E-state index contributed by atoms with van der Waals surface area (Å²) in [5.41, 5.74) is 2.10. The molecule has 0 fully saturated rings. The van der Waals surface area contributed by atoms with Crippen LogP contribution in [0.1, 0.15) is 43.5 Å². The topological polar surface area (TPSA) is 108 Å². The molecule has 3 amide bonds. The van der Waals surface area contributed by atoms with Crippen molar-refractivity contribution in [3.8, 4) is 0 Å². The summed E-state index contributed by atoms with van der Waals surface area (Å²) >= 11 is 0. The third kappa shape index (κ3) is 8.68. The van der Waals surface area contributed by atoms with E-state index in [-0.39, 0.29) is 19.6 Å². The standard InChI is InChI=1S/C31H37N3O5/c1-22-13-11-12-18-25(22)32-28(36)27(24-16-9-6-10-17-24)34(19-20-35)29(37)26(21-23-14-7-5-8-15-23)33-30(38)39-31(2,3)4/h5-18,26-27,35H,19-21H2,1-4H3,(H,32,36)(H,33,38). The van der Waals surface area contributed by atoms with Crippen molar-refractivity contribution in [3.05, 3.63) is 102 Å². The molecular weight excluding hydrogens is 494 g/mol. The Morgan fingerprint density at radius 2 is 1.49 bits per heavy atom. The lowest BCUT2D eigenvalue weighted by molar-refractivity contribution is -0.141. The Kier molecular flexibility index (Phi) is 10.2. The molecule has 2 atom stereocenters. The molecule has 3 aromatic rings. The molecule has 2 unspecified atom stereocenters. The third-order valence-corrected chi connectivity index (χ3v) is 5.97. The van der Waals surface area contributed by atoms with E-state index in [0.717, 1.165) is 11.1 Å².